The van der Waals surface area contributed by atoms with Crippen LogP contribution in [-0.4, -0.2) is 75.7 Å². The topological polar surface area (TPSA) is 57.2 Å². The Morgan fingerprint density at radius 3 is 1.59 bits per heavy atom. The highest BCUT2D eigenvalue weighted by Crippen LogP contribution is 2.31. The molecule has 0 saturated carbocycles. The van der Waals surface area contributed by atoms with E-state index in [0.717, 1.165) is 51.8 Å². The summed E-state index contributed by atoms with van der Waals surface area (Å²) < 4.78 is 24.9. The van der Waals surface area contributed by atoms with Crippen molar-refractivity contribution in [2.45, 2.75) is 200 Å². The molecule has 0 amide bonds. The standard InChI is InChI=1S/C48H85NO5/c1-5-7-9-11-13-15-17-19-21-23-25-27-29-31-33-35-39-51-44-41-53-45(42-54-47(50)48(3)37-38-49(4)43-48)46(44)52-40-36-34-32-30-28-26-24-22-20-18-16-14-12-10-8-6-2/h13-16,19-22,44-46H,5-12,17-18,23-43H2,1-4H3/b15-13-,16-14-,21-19-,22-20-/t44?,45-,46?,48?/m1/s1. The molecule has 6 heteroatoms. The smallest absolute Gasteiger partial charge is 0.313 e. The molecule has 0 spiro atoms. The average molecular weight is 756 g/mol. The van der Waals surface area contributed by atoms with Crippen LogP contribution in [0, 0.1) is 5.41 Å². The van der Waals surface area contributed by atoms with Crippen molar-refractivity contribution in [3.63, 3.8) is 0 Å². The van der Waals surface area contributed by atoms with Crippen molar-refractivity contribution in [2.24, 2.45) is 5.41 Å². The first-order valence-corrected chi connectivity index (χ1v) is 22.8. The maximum Gasteiger partial charge on any atom is 0.313 e. The van der Waals surface area contributed by atoms with E-state index in [0.29, 0.717) is 13.2 Å². The fraction of sp³-hybridized carbons (Fsp3) is 0.812. The van der Waals surface area contributed by atoms with E-state index in [4.69, 9.17) is 18.9 Å². The molecule has 54 heavy (non-hydrogen) atoms. The summed E-state index contributed by atoms with van der Waals surface area (Å²) >= 11 is 0. The SMILES string of the molecule is CCCCC/C=C\C/C=C\CCCCCCCCOC1CO[C@H](COC(=O)C2(C)CCN(C)C2)C1OCCCCCCCC/C=C\C/C=C\CCCCC. The predicted molar refractivity (Wildman–Crippen MR) is 229 cm³/mol. The molecule has 2 aliphatic heterocycles. The second-order valence-corrected chi connectivity index (χ2v) is 16.4. The maximum absolute atomic E-state index is 13.0. The zero-order chi connectivity index (χ0) is 38.8. The van der Waals surface area contributed by atoms with Crippen LogP contribution in [0.2, 0.25) is 0 Å². The van der Waals surface area contributed by atoms with Crippen molar-refractivity contribution in [1.82, 2.24) is 4.90 Å². The molecule has 0 N–H and O–H groups in total. The van der Waals surface area contributed by atoms with Gasteiger partial charge in [0.05, 0.1) is 12.0 Å². The molecule has 2 aliphatic rings. The average Bonchev–Trinajstić information content (AvgIpc) is 3.74. The lowest BCUT2D eigenvalue weighted by atomic mass is 9.90. The Morgan fingerprint density at radius 1 is 0.648 bits per heavy atom. The van der Waals surface area contributed by atoms with E-state index >= 15 is 0 Å². The number of allylic oxidation sites excluding steroid dienone is 8. The van der Waals surface area contributed by atoms with E-state index in [9.17, 15) is 4.79 Å². The lowest BCUT2D eigenvalue weighted by molar-refractivity contribution is -0.160. The Labute approximate surface area is 333 Å². The summed E-state index contributed by atoms with van der Waals surface area (Å²) in [7, 11) is 2.06. The number of ether oxygens (including phenoxy) is 4. The van der Waals surface area contributed by atoms with Gasteiger partial charge in [0.25, 0.3) is 0 Å². The van der Waals surface area contributed by atoms with Crippen LogP contribution in [0.5, 0.6) is 0 Å². The van der Waals surface area contributed by atoms with Gasteiger partial charge in [0, 0.05) is 19.8 Å². The third kappa shape index (κ3) is 24.0. The summed E-state index contributed by atoms with van der Waals surface area (Å²) in [4.78, 5) is 15.2. The zero-order valence-electron chi connectivity index (χ0n) is 35.8. The first-order chi connectivity index (χ1) is 26.5. The third-order valence-corrected chi connectivity index (χ3v) is 11.1. The van der Waals surface area contributed by atoms with Crippen LogP contribution < -0.4 is 0 Å². The lowest BCUT2D eigenvalue weighted by Gasteiger charge is -2.26. The van der Waals surface area contributed by atoms with E-state index < -0.39 is 5.41 Å². The molecule has 0 aromatic heterocycles. The van der Waals surface area contributed by atoms with Crippen LogP contribution in [0.1, 0.15) is 181 Å². The highest BCUT2D eigenvalue weighted by molar-refractivity contribution is 5.77. The Balaban J connectivity index is 1.60. The predicted octanol–water partition coefficient (Wildman–Crippen LogP) is 12.7. The van der Waals surface area contributed by atoms with Gasteiger partial charge in [-0.2, -0.15) is 0 Å². The van der Waals surface area contributed by atoms with E-state index in [1.165, 1.54) is 128 Å². The summed E-state index contributed by atoms with van der Waals surface area (Å²) in [6.07, 6.45) is 48.5. The number of hydrogen-bond donors (Lipinski definition) is 0. The van der Waals surface area contributed by atoms with Crippen LogP contribution >= 0.6 is 0 Å². The van der Waals surface area contributed by atoms with Crippen molar-refractivity contribution < 1.29 is 23.7 Å². The van der Waals surface area contributed by atoms with E-state index in [2.05, 4.69) is 74.4 Å². The molecule has 4 atom stereocenters. The third-order valence-electron chi connectivity index (χ3n) is 11.1. The molecule has 0 aromatic carbocycles. The summed E-state index contributed by atoms with van der Waals surface area (Å²) in [6.45, 7) is 10.4. The van der Waals surface area contributed by atoms with Crippen molar-refractivity contribution in [3.8, 4) is 0 Å². The Kier molecular flexibility index (Phi) is 30.0. The van der Waals surface area contributed by atoms with Crippen LogP contribution in [0.25, 0.3) is 0 Å². The van der Waals surface area contributed by atoms with Crippen molar-refractivity contribution in [1.29, 1.82) is 0 Å². The van der Waals surface area contributed by atoms with Crippen molar-refractivity contribution in [3.05, 3.63) is 48.6 Å². The molecule has 2 saturated heterocycles. The van der Waals surface area contributed by atoms with E-state index in [1.54, 1.807) is 0 Å². The molecule has 0 bridgehead atoms. The number of carbonyl (C=O) groups excluding carboxylic acids is 1. The minimum atomic E-state index is -0.442. The van der Waals surface area contributed by atoms with Crippen LogP contribution in [-0.2, 0) is 23.7 Å². The molecular weight excluding hydrogens is 671 g/mol. The second-order valence-electron chi connectivity index (χ2n) is 16.4. The molecule has 0 radical (unpaired) electrons. The fourth-order valence-electron chi connectivity index (χ4n) is 7.47. The van der Waals surface area contributed by atoms with Gasteiger partial charge in [-0.25, -0.2) is 0 Å². The van der Waals surface area contributed by atoms with Gasteiger partial charge in [-0.15, -0.1) is 0 Å². The number of carbonyl (C=O) groups is 1. The van der Waals surface area contributed by atoms with Crippen LogP contribution in [0.15, 0.2) is 48.6 Å². The van der Waals surface area contributed by atoms with E-state index in [1.807, 2.05) is 6.92 Å². The maximum atomic E-state index is 13.0. The van der Waals surface area contributed by atoms with Gasteiger partial charge in [-0.1, -0.05) is 140 Å². The minimum Gasteiger partial charge on any atom is -0.462 e. The first kappa shape index (κ1) is 48.4. The number of likely N-dealkylation sites (tertiary alicyclic amines) is 1. The van der Waals surface area contributed by atoms with Crippen molar-refractivity contribution in [2.75, 3.05) is 46.6 Å². The van der Waals surface area contributed by atoms with Gasteiger partial charge in [0.1, 0.15) is 24.9 Å². The quantitative estimate of drug-likeness (QED) is 0.0365. The fourth-order valence-corrected chi connectivity index (χ4v) is 7.47. The molecule has 2 heterocycles. The molecule has 6 nitrogen and oxygen atoms in total. The largest absolute Gasteiger partial charge is 0.462 e. The normalized spacial score (nSPS) is 22.3. The summed E-state index contributed by atoms with van der Waals surface area (Å²) in [6, 6.07) is 0. The minimum absolute atomic E-state index is 0.107. The van der Waals surface area contributed by atoms with E-state index in [-0.39, 0.29) is 30.9 Å². The monoisotopic (exact) mass is 756 g/mol. The molecule has 2 fully saturated rings. The van der Waals surface area contributed by atoms with Gasteiger partial charge in [-0.05, 0) is 104 Å². The molecular formula is C48H85NO5. The number of esters is 1. The number of unbranched alkanes of at least 4 members (excludes halogenated alkanes) is 18. The molecule has 2 rings (SSSR count). The van der Waals surface area contributed by atoms with Crippen molar-refractivity contribution >= 4 is 5.97 Å². The van der Waals surface area contributed by atoms with Gasteiger partial charge in [-0.3, -0.25) is 4.79 Å². The molecule has 0 aromatic rings. The Hall–Kier alpha value is -1.73. The van der Waals surface area contributed by atoms with Gasteiger partial charge < -0.3 is 23.8 Å². The first-order valence-electron chi connectivity index (χ1n) is 22.8. The zero-order valence-corrected chi connectivity index (χ0v) is 35.8. The molecule has 0 aliphatic carbocycles. The van der Waals surface area contributed by atoms with Gasteiger partial charge >= 0.3 is 5.97 Å². The second kappa shape index (κ2) is 33.4. The van der Waals surface area contributed by atoms with Crippen LogP contribution in [0.4, 0.5) is 0 Å². The summed E-state index contributed by atoms with van der Waals surface area (Å²) in [5.74, 6) is -0.120. The number of nitrogens with zero attached hydrogens (tertiary/aromatic N) is 1. The Morgan fingerprint density at radius 2 is 1.11 bits per heavy atom. The molecule has 3 unspecified atom stereocenters. The Bertz CT molecular complexity index is 1010. The highest BCUT2D eigenvalue weighted by atomic mass is 16.6. The molecule has 312 valence electrons. The van der Waals surface area contributed by atoms with Gasteiger partial charge in [0.2, 0.25) is 0 Å². The van der Waals surface area contributed by atoms with Gasteiger partial charge in [0.15, 0.2) is 0 Å². The lowest BCUT2D eigenvalue weighted by Crippen LogP contribution is -2.40. The highest BCUT2D eigenvalue weighted by Gasteiger charge is 2.43. The van der Waals surface area contributed by atoms with Crippen LogP contribution in [0.3, 0.4) is 0 Å². The summed E-state index contributed by atoms with van der Waals surface area (Å²) in [5, 5.41) is 0. The number of rotatable bonds is 35. The number of hydrogen-bond acceptors (Lipinski definition) is 6. The summed E-state index contributed by atoms with van der Waals surface area (Å²) in [5.41, 5.74) is -0.442.